The molecule has 1 aliphatic heterocycles. The minimum absolute atomic E-state index is 0.253. The second-order valence-corrected chi connectivity index (χ2v) is 4.10. The monoisotopic (exact) mass is 186 g/mol. The zero-order valence-electron chi connectivity index (χ0n) is 8.79. The van der Waals surface area contributed by atoms with E-state index in [1.807, 2.05) is 0 Å². The molecule has 0 aromatic carbocycles. The predicted molar refractivity (Wildman–Crippen MR) is 53.8 cm³/mol. The molecule has 0 bridgehead atoms. The number of piperidine rings is 1. The molecule has 1 heterocycles. The molecule has 0 saturated carbocycles. The third kappa shape index (κ3) is 3.25. The highest BCUT2D eigenvalue weighted by molar-refractivity contribution is 4.77. The summed E-state index contributed by atoms with van der Waals surface area (Å²) >= 11 is 0. The highest BCUT2D eigenvalue weighted by Gasteiger charge is 2.22. The Morgan fingerprint density at radius 2 is 2.08 bits per heavy atom. The molecular weight excluding hydrogens is 164 g/mol. The zero-order valence-corrected chi connectivity index (χ0v) is 8.79. The highest BCUT2D eigenvalue weighted by atomic mass is 16.5. The smallest absolute Gasteiger partial charge is 0.0320 e. The standard InChI is InChI=1S/C10H22N2O/c1-3-6-12-7-4-10(5-8-12)9(2)11-13/h9-11,13H,3-8H2,1-2H3. The third-order valence-corrected chi connectivity index (χ3v) is 3.08. The van der Waals surface area contributed by atoms with Gasteiger partial charge in [-0.2, -0.15) is 0 Å². The second-order valence-electron chi connectivity index (χ2n) is 4.10. The average Bonchev–Trinajstić information content (AvgIpc) is 2.18. The van der Waals surface area contributed by atoms with E-state index in [-0.39, 0.29) is 6.04 Å². The number of hydrogen-bond acceptors (Lipinski definition) is 3. The van der Waals surface area contributed by atoms with Crippen LogP contribution in [0.25, 0.3) is 0 Å². The Morgan fingerprint density at radius 1 is 1.46 bits per heavy atom. The number of hydroxylamine groups is 1. The molecule has 13 heavy (non-hydrogen) atoms. The van der Waals surface area contributed by atoms with Crippen molar-refractivity contribution in [2.75, 3.05) is 19.6 Å². The summed E-state index contributed by atoms with van der Waals surface area (Å²) in [4.78, 5) is 2.51. The molecule has 3 nitrogen and oxygen atoms in total. The largest absolute Gasteiger partial charge is 0.317 e. The molecular formula is C10H22N2O. The van der Waals surface area contributed by atoms with Crippen molar-refractivity contribution < 1.29 is 5.21 Å². The van der Waals surface area contributed by atoms with E-state index >= 15 is 0 Å². The van der Waals surface area contributed by atoms with Crippen LogP contribution in [0.5, 0.6) is 0 Å². The number of rotatable bonds is 4. The minimum atomic E-state index is 0.253. The number of hydrogen-bond donors (Lipinski definition) is 2. The molecule has 1 aliphatic rings. The van der Waals surface area contributed by atoms with Crippen LogP contribution in [0.4, 0.5) is 0 Å². The first-order valence-corrected chi connectivity index (χ1v) is 5.40. The van der Waals surface area contributed by atoms with Gasteiger partial charge in [0.2, 0.25) is 0 Å². The fraction of sp³-hybridized carbons (Fsp3) is 1.00. The molecule has 0 aliphatic carbocycles. The average molecular weight is 186 g/mol. The molecule has 0 aromatic heterocycles. The Hall–Kier alpha value is -0.120. The summed E-state index contributed by atoms with van der Waals surface area (Å²) in [6, 6.07) is 0.253. The van der Waals surface area contributed by atoms with Crippen molar-refractivity contribution in [1.29, 1.82) is 0 Å². The van der Waals surface area contributed by atoms with Gasteiger partial charge in [-0.15, -0.1) is 0 Å². The number of likely N-dealkylation sites (tertiary alicyclic amines) is 1. The Labute approximate surface area is 81.1 Å². The first-order valence-electron chi connectivity index (χ1n) is 5.40. The maximum absolute atomic E-state index is 8.79. The van der Waals surface area contributed by atoms with Crippen molar-refractivity contribution in [1.82, 2.24) is 10.4 Å². The van der Waals surface area contributed by atoms with Gasteiger partial charge in [-0.3, -0.25) is 0 Å². The summed E-state index contributed by atoms with van der Waals surface area (Å²) in [5.74, 6) is 0.651. The van der Waals surface area contributed by atoms with Crippen molar-refractivity contribution >= 4 is 0 Å². The van der Waals surface area contributed by atoms with Gasteiger partial charge in [-0.05, 0) is 51.7 Å². The first kappa shape index (κ1) is 11.0. The normalized spacial score (nSPS) is 23.3. The quantitative estimate of drug-likeness (QED) is 0.653. The fourth-order valence-electron chi connectivity index (χ4n) is 2.10. The SMILES string of the molecule is CCCN1CCC(C(C)NO)CC1. The van der Waals surface area contributed by atoms with Crippen molar-refractivity contribution in [2.45, 2.75) is 39.2 Å². The zero-order chi connectivity index (χ0) is 9.68. The van der Waals surface area contributed by atoms with Gasteiger partial charge in [-0.25, -0.2) is 5.48 Å². The lowest BCUT2D eigenvalue weighted by atomic mass is 9.91. The molecule has 0 spiro atoms. The molecule has 0 amide bonds. The van der Waals surface area contributed by atoms with Gasteiger partial charge in [-0.1, -0.05) is 6.92 Å². The number of nitrogens with zero attached hydrogens (tertiary/aromatic N) is 1. The van der Waals surface area contributed by atoms with Gasteiger partial charge in [0, 0.05) is 6.04 Å². The molecule has 2 N–H and O–H groups in total. The van der Waals surface area contributed by atoms with Gasteiger partial charge >= 0.3 is 0 Å². The van der Waals surface area contributed by atoms with E-state index < -0.39 is 0 Å². The van der Waals surface area contributed by atoms with Crippen LogP contribution in [0.3, 0.4) is 0 Å². The van der Waals surface area contributed by atoms with Crippen LogP contribution < -0.4 is 5.48 Å². The first-order chi connectivity index (χ1) is 6.27. The topological polar surface area (TPSA) is 35.5 Å². The lowest BCUT2D eigenvalue weighted by molar-refractivity contribution is 0.0759. The highest BCUT2D eigenvalue weighted by Crippen LogP contribution is 2.20. The Kier molecular flexibility index (Phi) is 4.70. The minimum Gasteiger partial charge on any atom is -0.317 e. The van der Waals surface area contributed by atoms with E-state index in [0.717, 1.165) is 0 Å². The van der Waals surface area contributed by atoms with E-state index in [4.69, 9.17) is 5.21 Å². The summed E-state index contributed by atoms with van der Waals surface area (Å²) in [6.07, 6.45) is 3.68. The van der Waals surface area contributed by atoms with Crippen LogP contribution in [0, 0.1) is 5.92 Å². The Morgan fingerprint density at radius 3 is 2.54 bits per heavy atom. The summed E-state index contributed by atoms with van der Waals surface area (Å²) in [6.45, 7) is 7.91. The van der Waals surface area contributed by atoms with Gasteiger partial charge in [0.05, 0.1) is 0 Å². The molecule has 1 rings (SSSR count). The van der Waals surface area contributed by atoms with E-state index in [0.29, 0.717) is 5.92 Å². The summed E-state index contributed by atoms with van der Waals surface area (Å²) < 4.78 is 0. The fourth-order valence-corrected chi connectivity index (χ4v) is 2.10. The van der Waals surface area contributed by atoms with Gasteiger partial charge in [0.1, 0.15) is 0 Å². The Bertz CT molecular complexity index is 133. The maximum atomic E-state index is 8.79. The molecule has 3 heteroatoms. The molecule has 78 valence electrons. The van der Waals surface area contributed by atoms with Crippen LogP contribution in [-0.2, 0) is 0 Å². The predicted octanol–water partition coefficient (Wildman–Crippen LogP) is 1.48. The van der Waals surface area contributed by atoms with Crippen molar-refractivity contribution in [3.63, 3.8) is 0 Å². The Balaban J connectivity index is 2.22. The lowest BCUT2D eigenvalue weighted by Crippen LogP contribution is -2.41. The molecule has 1 saturated heterocycles. The van der Waals surface area contributed by atoms with E-state index in [2.05, 4.69) is 24.2 Å². The van der Waals surface area contributed by atoms with Gasteiger partial charge < -0.3 is 10.1 Å². The van der Waals surface area contributed by atoms with Crippen LogP contribution in [0.1, 0.15) is 33.1 Å². The molecule has 0 radical (unpaired) electrons. The van der Waals surface area contributed by atoms with Gasteiger partial charge in [0.15, 0.2) is 0 Å². The van der Waals surface area contributed by atoms with Crippen LogP contribution in [0.15, 0.2) is 0 Å². The molecule has 1 unspecified atom stereocenters. The van der Waals surface area contributed by atoms with Crippen LogP contribution >= 0.6 is 0 Å². The molecule has 0 aromatic rings. The maximum Gasteiger partial charge on any atom is 0.0320 e. The lowest BCUT2D eigenvalue weighted by Gasteiger charge is -2.34. The number of nitrogens with one attached hydrogen (secondary N) is 1. The van der Waals surface area contributed by atoms with E-state index in [9.17, 15) is 0 Å². The van der Waals surface area contributed by atoms with E-state index in [1.54, 1.807) is 0 Å². The van der Waals surface area contributed by atoms with Crippen LogP contribution in [-0.4, -0.2) is 35.8 Å². The van der Waals surface area contributed by atoms with Crippen molar-refractivity contribution in [2.24, 2.45) is 5.92 Å². The second kappa shape index (κ2) is 5.58. The van der Waals surface area contributed by atoms with E-state index in [1.165, 1.54) is 38.9 Å². The summed E-state index contributed by atoms with van der Waals surface area (Å²) in [7, 11) is 0. The summed E-state index contributed by atoms with van der Waals surface area (Å²) in [5.41, 5.74) is 2.36. The van der Waals surface area contributed by atoms with Crippen molar-refractivity contribution in [3.8, 4) is 0 Å². The van der Waals surface area contributed by atoms with Crippen LogP contribution in [0.2, 0.25) is 0 Å². The third-order valence-electron chi connectivity index (χ3n) is 3.08. The summed E-state index contributed by atoms with van der Waals surface area (Å²) in [5, 5.41) is 8.79. The molecule has 1 atom stereocenters. The van der Waals surface area contributed by atoms with Gasteiger partial charge in [0.25, 0.3) is 0 Å². The molecule has 1 fully saturated rings. The van der Waals surface area contributed by atoms with Crippen molar-refractivity contribution in [3.05, 3.63) is 0 Å².